The van der Waals surface area contributed by atoms with E-state index in [1.807, 2.05) is 25.7 Å². The maximum absolute atomic E-state index is 14.3. The molecule has 4 atom stereocenters. The third kappa shape index (κ3) is 9.92. The lowest BCUT2D eigenvalue weighted by Gasteiger charge is -2.38. The fourth-order valence-electron chi connectivity index (χ4n) is 7.12. The molecule has 2 saturated carbocycles. The number of Topliss-reactive ketones (excluding diaryl/α,β-unsaturated/α-hetero) is 1. The van der Waals surface area contributed by atoms with Gasteiger partial charge in [-0.1, -0.05) is 77.5 Å². The highest BCUT2D eigenvalue weighted by Crippen LogP contribution is 2.31. The number of nitrogens with one attached hydrogen (secondary N) is 4. The molecule has 4 N–H and O–H groups in total. The second-order valence-corrected chi connectivity index (χ2v) is 15.0. The fourth-order valence-corrected chi connectivity index (χ4v) is 7.12. The molecule has 1 saturated heterocycles. The van der Waals surface area contributed by atoms with Gasteiger partial charge in [-0.05, 0) is 49.4 Å². The molecule has 0 aromatic heterocycles. The van der Waals surface area contributed by atoms with Gasteiger partial charge in [0, 0.05) is 32.6 Å². The largest absolute Gasteiger partial charge is 0.346 e. The van der Waals surface area contributed by atoms with Crippen molar-refractivity contribution in [3.63, 3.8) is 0 Å². The van der Waals surface area contributed by atoms with Crippen molar-refractivity contribution in [1.29, 1.82) is 0 Å². The molecule has 0 bridgehead atoms. The van der Waals surface area contributed by atoms with Crippen molar-refractivity contribution in [2.24, 2.45) is 17.3 Å². The molecule has 2 aliphatic carbocycles. The summed E-state index contributed by atoms with van der Waals surface area (Å²) in [5, 5.41) is 11.4. The zero-order valence-electron chi connectivity index (χ0n) is 29.1. The lowest BCUT2D eigenvalue weighted by atomic mass is 9.80. The number of ketones is 1. The number of carbonyl (C=O) groups is 6. The van der Waals surface area contributed by atoms with E-state index in [-0.39, 0.29) is 48.2 Å². The fraction of sp³-hybridized carbons (Fsp3) is 0.722. The van der Waals surface area contributed by atoms with Crippen LogP contribution in [0.4, 0.5) is 4.79 Å². The first-order valence-electron chi connectivity index (χ1n) is 17.9. The van der Waals surface area contributed by atoms with E-state index >= 15 is 0 Å². The standard InChI is InChI=1S/C36H56N6O6/c1-5-19-37-33(46)31(44)26(22-24-13-11-14-24)38-32(45)27-17-12-21-42(27)34(47)30(25-15-7-6-8-16-25)40-35(48)39-28(36(2,3)4)23-41-20-10-9-18-29(41)43/h5,12,17,24-28,30H,1,6-11,13-16,18-23H2,2-4H3,(H,37,46)(H,38,45)(H2,39,40,48)/t26?,27-,28+,30-/m0/s1. The number of piperidine rings is 1. The number of hydrogen-bond acceptors (Lipinski definition) is 6. The first-order valence-corrected chi connectivity index (χ1v) is 17.9. The van der Waals surface area contributed by atoms with Crippen LogP contribution in [0, 0.1) is 17.3 Å². The molecule has 1 unspecified atom stereocenters. The van der Waals surface area contributed by atoms with Crippen molar-refractivity contribution in [3.05, 3.63) is 24.8 Å². The van der Waals surface area contributed by atoms with Crippen molar-refractivity contribution in [2.45, 2.75) is 122 Å². The minimum Gasteiger partial charge on any atom is -0.346 e. The topological polar surface area (TPSA) is 157 Å². The molecule has 12 nitrogen and oxygen atoms in total. The van der Waals surface area contributed by atoms with Gasteiger partial charge < -0.3 is 31.1 Å². The van der Waals surface area contributed by atoms with Gasteiger partial charge in [0.05, 0.1) is 12.1 Å². The first-order chi connectivity index (χ1) is 22.9. The van der Waals surface area contributed by atoms with Crippen LogP contribution in [0.15, 0.2) is 24.8 Å². The number of urea groups is 1. The maximum Gasteiger partial charge on any atom is 0.315 e. The molecule has 0 aromatic rings. The molecule has 48 heavy (non-hydrogen) atoms. The third-order valence-corrected chi connectivity index (χ3v) is 10.4. The molecule has 6 amide bonds. The molecular weight excluding hydrogens is 612 g/mol. The molecule has 266 valence electrons. The van der Waals surface area contributed by atoms with E-state index in [9.17, 15) is 28.8 Å². The van der Waals surface area contributed by atoms with Gasteiger partial charge in [0.1, 0.15) is 12.1 Å². The molecule has 2 heterocycles. The number of likely N-dealkylation sites (tertiary alicyclic amines) is 1. The van der Waals surface area contributed by atoms with Gasteiger partial charge in [0.15, 0.2) is 0 Å². The number of hydrogen-bond donors (Lipinski definition) is 4. The van der Waals surface area contributed by atoms with Crippen molar-refractivity contribution in [2.75, 3.05) is 26.2 Å². The van der Waals surface area contributed by atoms with Crippen LogP contribution in [0.2, 0.25) is 0 Å². The van der Waals surface area contributed by atoms with Crippen LogP contribution in [0.25, 0.3) is 0 Å². The van der Waals surface area contributed by atoms with Crippen LogP contribution in [0.3, 0.4) is 0 Å². The summed E-state index contributed by atoms with van der Waals surface area (Å²) in [6.45, 7) is 11.0. The van der Waals surface area contributed by atoms with Gasteiger partial charge in [0.2, 0.25) is 23.5 Å². The van der Waals surface area contributed by atoms with Gasteiger partial charge in [-0.2, -0.15) is 0 Å². The lowest BCUT2D eigenvalue weighted by Crippen LogP contribution is -2.61. The Labute approximate surface area is 285 Å². The van der Waals surface area contributed by atoms with E-state index in [2.05, 4.69) is 27.8 Å². The van der Waals surface area contributed by atoms with Crippen molar-refractivity contribution in [3.8, 4) is 0 Å². The Morgan fingerprint density at radius 3 is 2.31 bits per heavy atom. The van der Waals surface area contributed by atoms with E-state index in [1.54, 1.807) is 12.2 Å². The van der Waals surface area contributed by atoms with Crippen LogP contribution in [-0.2, 0) is 24.0 Å². The summed E-state index contributed by atoms with van der Waals surface area (Å²) in [7, 11) is 0. The van der Waals surface area contributed by atoms with Crippen molar-refractivity contribution in [1.82, 2.24) is 31.1 Å². The smallest absolute Gasteiger partial charge is 0.315 e. The number of nitrogens with zero attached hydrogens (tertiary/aromatic N) is 2. The molecular formula is C36H56N6O6. The van der Waals surface area contributed by atoms with Crippen LogP contribution < -0.4 is 21.3 Å². The summed E-state index contributed by atoms with van der Waals surface area (Å²) in [5.41, 5.74) is -0.350. The second-order valence-electron chi connectivity index (χ2n) is 15.0. The minimum absolute atomic E-state index is 0.0906. The first kappa shape index (κ1) is 37.1. The van der Waals surface area contributed by atoms with Gasteiger partial charge in [0.25, 0.3) is 5.91 Å². The Morgan fingerprint density at radius 2 is 1.69 bits per heavy atom. The van der Waals surface area contributed by atoms with E-state index < -0.39 is 41.8 Å². The van der Waals surface area contributed by atoms with E-state index in [0.29, 0.717) is 25.9 Å². The predicted molar refractivity (Wildman–Crippen MR) is 182 cm³/mol. The van der Waals surface area contributed by atoms with Crippen LogP contribution in [0.1, 0.15) is 97.8 Å². The van der Waals surface area contributed by atoms with E-state index in [1.165, 1.54) is 11.0 Å². The molecule has 0 radical (unpaired) electrons. The molecule has 2 aliphatic heterocycles. The summed E-state index contributed by atoms with van der Waals surface area (Å²) in [5.74, 6) is -2.14. The quantitative estimate of drug-likeness (QED) is 0.165. The van der Waals surface area contributed by atoms with Gasteiger partial charge in [-0.25, -0.2) is 4.79 Å². The Kier molecular flexibility index (Phi) is 13.2. The van der Waals surface area contributed by atoms with E-state index in [0.717, 1.165) is 64.2 Å². The molecule has 4 aliphatic rings. The maximum atomic E-state index is 14.3. The second kappa shape index (κ2) is 17.1. The Bertz CT molecular complexity index is 1230. The summed E-state index contributed by atoms with van der Waals surface area (Å²) >= 11 is 0. The highest BCUT2D eigenvalue weighted by Gasteiger charge is 2.41. The van der Waals surface area contributed by atoms with Crippen LogP contribution >= 0.6 is 0 Å². The van der Waals surface area contributed by atoms with E-state index in [4.69, 9.17) is 0 Å². The molecule has 12 heteroatoms. The zero-order valence-corrected chi connectivity index (χ0v) is 29.1. The lowest BCUT2D eigenvalue weighted by molar-refractivity contribution is -0.143. The summed E-state index contributed by atoms with van der Waals surface area (Å²) in [4.78, 5) is 83.1. The minimum atomic E-state index is -1.00. The molecule has 0 aromatic carbocycles. The van der Waals surface area contributed by atoms with Crippen LogP contribution in [-0.4, -0.2) is 95.6 Å². The summed E-state index contributed by atoms with van der Waals surface area (Å²) in [6, 6.07) is -3.66. The van der Waals surface area contributed by atoms with Gasteiger partial charge in [-0.15, -0.1) is 6.58 Å². The Morgan fingerprint density at radius 1 is 0.958 bits per heavy atom. The van der Waals surface area contributed by atoms with Gasteiger partial charge in [-0.3, -0.25) is 24.0 Å². The zero-order chi connectivity index (χ0) is 34.8. The average Bonchev–Trinajstić information content (AvgIpc) is 3.54. The van der Waals surface area contributed by atoms with Gasteiger partial charge >= 0.3 is 6.03 Å². The average molecular weight is 669 g/mol. The molecule has 0 spiro atoms. The number of amides is 6. The molecule has 3 fully saturated rings. The SMILES string of the molecule is C=CCNC(=O)C(=O)C(CC1CCC1)NC(=O)[C@@H]1C=CCN1C(=O)[C@@H](NC(=O)N[C@H](CN1CCCCC1=O)C(C)(C)C)C1CCCCC1. The number of rotatable bonds is 14. The Balaban J connectivity index is 1.47. The Hall–Kier alpha value is -3.70. The monoisotopic (exact) mass is 668 g/mol. The highest BCUT2D eigenvalue weighted by molar-refractivity contribution is 6.38. The normalized spacial score (nSPS) is 22.2. The highest BCUT2D eigenvalue weighted by atomic mass is 16.2. The van der Waals surface area contributed by atoms with Crippen LogP contribution in [0.5, 0.6) is 0 Å². The summed E-state index contributed by atoms with van der Waals surface area (Å²) in [6.07, 6.45) is 15.0. The third-order valence-electron chi connectivity index (χ3n) is 10.4. The van der Waals surface area contributed by atoms with Crippen molar-refractivity contribution >= 4 is 35.4 Å². The van der Waals surface area contributed by atoms with Crippen molar-refractivity contribution < 1.29 is 28.8 Å². The predicted octanol–water partition coefficient (Wildman–Crippen LogP) is 2.98. The summed E-state index contributed by atoms with van der Waals surface area (Å²) < 4.78 is 0. The number of carbonyl (C=O) groups excluding carboxylic acids is 6. The molecule has 4 rings (SSSR count).